The molecule has 1 rings (SSSR count). The molecular weight excluding hydrogens is 216 g/mol. The monoisotopic (exact) mass is 229 g/mol. The van der Waals surface area contributed by atoms with E-state index in [0.29, 0.717) is 5.56 Å². The maximum atomic E-state index is 12.4. The lowest BCUT2D eigenvalue weighted by Gasteiger charge is -2.10. The third kappa shape index (κ3) is 3.27. The molecule has 0 saturated carbocycles. The van der Waals surface area contributed by atoms with E-state index in [0.717, 1.165) is 0 Å². The van der Waals surface area contributed by atoms with Gasteiger partial charge < -0.3 is 10.5 Å². The largest absolute Gasteiger partial charge is 0.468 e. The Labute approximate surface area is 92.2 Å². The minimum Gasteiger partial charge on any atom is -0.468 e. The van der Waals surface area contributed by atoms with Gasteiger partial charge >= 0.3 is 5.97 Å². The molecule has 2 N–H and O–H groups in total. The molecule has 0 radical (unpaired) electrons. The van der Waals surface area contributed by atoms with Gasteiger partial charge in [0.15, 0.2) is 0 Å². The SMILES string of the molecule is COC(=O)C(N)Cc1cccc(C(F)F)c1. The van der Waals surface area contributed by atoms with E-state index in [1.165, 1.54) is 25.3 Å². The highest BCUT2D eigenvalue weighted by atomic mass is 19.3. The summed E-state index contributed by atoms with van der Waals surface area (Å²) in [6.45, 7) is 0. The van der Waals surface area contributed by atoms with Crippen LogP contribution in [0, 0.1) is 0 Å². The number of benzene rings is 1. The Morgan fingerprint density at radius 1 is 1.50 bits per heavy atom. The molecule has 0 spiro atoms. The summed E-state index contributed by atoms with van der Waals surface area (Å²) in [5, 5.41) is 0. The zero-order valence-electron chi connectivity index (χ0n) is 8.82. The lowest BCUT2D eigenvalue weighted by molar-refractivity contribution is -0.142. The van der Waals surface area contributed by atoms with Gasteiger partial charge in [-0.1, -0.05) is 24.3 Å². The van der Waals surface area contributed by atoms with Gasteiger partial charge in [-0.05, 0) is 12.0 Å². The molecule has 0 aliphatic heterocycles. The normalized spacial score (nSPS) is 12.6. The standard InChI is InChI=1S/C11H13F2NO2/c1-16-11(15)9(14)6-7-3-2-4-8(5-7)10(12)13/h2-5,9-10H,6,14H2,1H3. The molecule has 88 valence electrons. The number of alkyl halides is 2. The molecule has 1 atom stereocenters. The van der Waals surface area contributed by atoms with E-state index in [-0.39, 0.29) is 12.0 Å². The van der Waals surface area contributed by atoms with Crippen molar-refractivity contribution < 1.29 is 18.3 Å². The molecule has 16 heavy (non-hydrogen) atoms. The van der Waals surface area contributed by atoms with Crippen LogP contribution in [0.1, 0.15) is 17.6 Å². The molecule has 0 aliphatic carbocycles. The van der Waals surface area contributed by atoms with Gasteiger partial charge in [-0.3, -0.25) is 4.79 Å². The number of methoxy groups -OCH3 is 1. The number of ether oxygens (including phenoxy) is 1. The fourth-order valence-corrected chi connectivity index (χ4v) is 1.34. The number of carbonyl (C=O) groups is 1. The lowest BCUT2D eigenvalue weighted by atomic mass is 10.0. The van der Waals surface area contributed by atoms with E-state index in [1.54, 1.807) is 6.07 Å². The van der Waals surface area contributed by atoms with Gasteiger partial charge in [0.25, 0.3) is 6.43 Å². The molecule has 1 unspecified atom stereocenters. The molecule has 0 fully saturated rings. The van der Waals surface area contributed by atoms with Crippen molar-refractivity contribution in [3.63, 3.8) is 0 Å². The highest BCUT2D eigenvalue weighted by molar-refractivity contribution is 5.75. The van der Waals surface area contributed by atoms with Crippen molar-refractivity contribution in [2.45, 2.75) is 18.9 Å². The van der Waals surface area contributed by atoms with Crippen molar-refractivity contribution in [3.8, 4) is 0 Å². The predicted octanol–water partition coefficient (Wildman–Crippen LogP) is 1.67. The van der Waals surface area contributed by atoms with E-state index < -0.39 is 18.4 Å². The van der Waals surface area contributed by atoms with Crippen LogP contribution >= 0.6 is 0 Å². The number of hydrogen-bond donors (Lipinski definition) is 1. The first kappa shape index (κ1) is 12.6. The van der Waals surface area contributed by atoms with Gasteiger partial charge in [0, 0.05) is 5.56 Å². The summed E-state index contributed by atoms with van der Waals surface area (Å²) in [5.74, 6) is -0.553. The first-order valence-corrected chi connectivity index (χ1v) is 4.75. The second-order valence-corrected chi connectivity index (χ2v) is 3.38. The predicted molar refractivity (Wildman–Crippen MR) is 55.1 cm³/mol. The maximum absolute atomic E-state index is 12.4. The highest BCUT2D eigenvalue weighted by Gasteiger charge is 2.15. The van der Waals surface area contributed by atoms with Crippen LogP contribution in [0.25, 0.3) is 0 Å². The Morgan fingerprint density at radius 3 is 2.75 bits per heavy atom. The average Bonchev–Trinajstić information content (AvgIpc) is 2.28. The van der Waals surface area contributed by atoms with Gasteiger partial charge in [0.2, 0.25) is 0 Å². The molecule has 0 aromatic heterocycles. The third-order valence-electron chi connectivity index (χ3n) is 2.16. The van der Waals surface area contributed by atoms with Gasteiger partial charge in [-0.25, -0.2) is 8.78 Å². The minimum absolute atomic E-state index is 0.0745. The Morgan fingerprint density at radius 2 is 2.19 bits per heavy atom. The molecular formula is C11H13F2NO2. The summed E-state index contributed by atoms with van der Waals surface area (Å²) in [6, 6.07) is 5.01. The second-order valence-electron chi connectivity index (χ2n) is 3.38. The number of hydrogen-bond acceptors (Lipinski definition) is 3. The molecule has 1 aromatic carbocycles. The summed E-state index contributed by atoms with van der Waals surface area (Å²) in [5.41, 5.74) is 6.04. The van der Waals surface area contributed by atoms with Gasteiger partial charge in [-0.15, -0.1) is 0 Å². The topological polar surface area (TPSA) is 52.3 Å². The van der Waals surface area contributed by atoms with Crippen molar-refractivity contribution in [1.82, 2.24) is 0 Å². The first-order valence-electron chi connectivity index (χ1n) is 4.75. The Kier molecular flexibility index (Phi) is 4.37. The van der Waals surface area contributed by atoms with Crippen LogP contribution in [0.3, 0.4) is 0 Å². The molecule has 1 aromatic rings. The van der Waals surface area contributed by atoms with Crippen molar-refractivity contribution in [2.75, 3.05) is 7.11 Å². The zero-order chi connectivity index (χ0) is 12.1. The van der Waals surface area contributed by atoms with Crippen molar-refractivity contribution in [1.29, 1.82) is 0 Å². The molecule has 0 bridgehead atoms. The third-order valence-corrected chi connectivity index (χ3v) is 2.16. The van der Waals surface area contributed by atoms with Gasteiger partial charge in [0.1, 0.15) is 6.04 Å². The van der Waals surface area contributed by atoms with Crippen LogP contribution in [0.5, 0.6) is 0 Å². The first-order chi connectivity index (χ1) is 7.54. The Hall–Kier alpha value is -1.49. The summed E-state index contributed by atoms with van der Waals surface area (Å²) in [7, 11) is 1.23. The number of carbonyl (C=O) groups excluding carboxylic acids is 1. The quantitative estimate of drug-likeness (QED) is 0.799. The fourth-order valence-electron chi connectivity index (χ4n) is 1.34. The van der Waals surface area contributed by atoms with Crippen LogP contribution in [-0.2, 0) is 16.0 Å². The number of rotatable bonds is 4. The van der Waals surface area contributed by atoms with Crippen molar-refractivity contribution in [2.24, 2.45) is 5.73 Å². The molecule has 0 amide bonds. The molecule has 0 saturated heterocycles. The number of nitrogens with two attached hydrogens (primary N) is 1. The zero-order valence-corrected chi connectivity index (χ0v) is 8.82. The van der Waals surface area contributed by atoms with E-state index in [2.05, 4.69) is 4.74 Å². The fraction of sp³-hybridized carbons (Fsp3) is 0.364. The van der Waals surface area contributed by atoms with E-state index in [4.69, 9.17) is 5.73 Å². The smallest absolute Gasteiger partial charge is 0.322 e. The molecule has 0 aliphatic rings. The maximum Gasteiger partial charge on any atom is 0.322 e. The average molecular weight is 229 g/mol. The van der Waals surface area contributed by atoms with Crippen LogP contribution in [0.2, 0.25) is 0 Å². The summed E-state index contributed by atoms with van der Waals surface area (Å²) < 4.78 is 29.2. The Bertz CT molecular complexity index is 369. The van der Waals surface area contributed by atoms with E-state index >= 15 is 0 Å². The number of esters is 1. The number of halogens is 2. The molecule has 0 heterocycles. The van der Waals surface area contributed by atoms with Crippen LogP contribution in [0.15, 0.2) is 24.3 Å². The van der Waals surface area contributed by atoms with E-state index in [1.807, 2.05) is 0 Å². The van der Waals surface area contributed by atoms with Crippen molar-refractivity contribution in [3.05, 3.63) is 35.4 Å². The molecule has 3 nitrogen and oxygen atoms in total. The lowest BCUT2D eigenvalue weighted by Crippen LogP contribution is -2.33. The van der Waals surface area contributed by atoms with Crippen LogP contribution in [-0.4, -0.2) is 19.1 Å². The van der Waals surface area contributed by atoms with Gasteiger partial charge in [-0.2, -0.15) is 0 Å². The minimum atomic E-state index is -2.52. The second kappa shape index (κ2) is 5.55. The molecule has 5 heteroatoms. The Balaban J connectivity index is 2.74. The van der Waals surface area contributed by atoms with E-state index in [9.17, 15) is 13.6 Å². The van der Waals surface area contributed by atoms with Crippen LogP contribution < -0.4 is 5.73 Å². The highest BCUT2D eigenvalue weighted by Crippen LogP contribution is 2.19. The summed E-state index contributed by atoms with van der Waals surface area (Å²) >= 11 is 0. The van der Waals surface area contributed by atoms with Crippen LogP contribution in [0.4, 0.5) is 8.78 Å². The summed E-state index contributed by atoms with van der Waals surface area (Å²) in [4.78, 5) is 11.0. The van der Waals surface area contributed by atoms with Crippen molar-refractivity contribution >= 4 is 5.97 Å². The van der Waals surface area contributed by atoms with Gasteiger partial charge in [0.05, 0.1) is 7.11 Å². The summed E-state index contributed by atoms with van der Waals surface area (Å²) in [6.07, 6.45) is -2.33.